The zero-order chi connectivity index (χ0) is 23.7. The van der Waals surface area contributed by atoms with Gasteiger partial charge in [0.25, 0.3) is 0 Å². The number of aryl methyl sites for hydroxylation is 3. The Labute approximate surface area is 200 Å². The lowest BCUT2D eigenvalue weighted by molar-refractivity contribution is -0.143. The van der Waals surface area contributed by atoms with E-state index in [2.05, 4.69) is 66.8 Å². The van der Waals surface area contributed by atoms with Crippen molar-refractivity contribution in [2.75, 3.05) is 13.2 Å². The van der Waals surface area contributed by atoms with Crippen molar-refractivity contribution >= 4 is 23.3 Å². The molecular weight excluding hydrogens is 432 g/mol. The summed E-state index contributed by atoms with van der Waals surface area (Å²) in [5.74, 6) is -0.295. The van der Waals surface area contributed by atoms with Crippen molar-refractivity contribution in [3.63, 3.8) is 0 Å². The summed E-state index contributed by atoms with van der Waals surface area (Å²) in [6, 6.07) is 14.2. The van der Waals surface area contributed by atoms with Crippen LogP contribution in [-0.2, 0) is 9.53 Å². The molecule has 0 spiro atoms. The summed E-state index contributed by atoms with van der Waals surface area (Å²) in [5, 5.41) is 3.94. The van der Waals surface area contributed by atoms with Gasteiger partial charge in [-0.15, -0.1) is 0 Å². The second kappa shape index (κ2) is 9.35. The van der Waals surface area contributed by atoms with Gasteiger partial charge in [-0.25, -0.2) is 0 Å². The predicted octanol–water partition coefficient (Wildman–Crippen LogP) is 4.64. The van der Waals surface area contributed by atoms with Crippen LogP contribution in [0.5, 0.6) is 0 Å². The van der Waals surface area contributed by atoms with E-state index in [1.165, 1.54) is 11.1 Å². The molecule has 2 aromatic heterocycles. The van der Waals surface area contributed by atoms with Crippen LogP contribution in [0.2, 0.25) is 0 Å². The Morgan fingerprint density at radius 1 is 1.15 bits per heavy atom. The molecule has 1 aromatic carbocycles. The first-order chi connectivity index (χ1) is 15.8. The van der Waals surface area contributed by atoms with Crippen LogP contribution in [0.1, 0.15) is 52.8 Å². The zero-order valence-corrected chi connectivity index (χ0v) is 20.6. The minimum atomic E-state index is -0.295. The molecule has 1 aliphatic rings. The minimum absolute atomic E-state index is 0.0841. The Balaban J connectivity index is 1.84. The average molecular weight is 463 g/mol. The van der Waals surface area contributed by atoms with E-state index >= 15 is 0 Å². The number of pyridine rings is 1. The van der Waals surface area contributed by atoms with E-state index in [-0.39, 0.29) is 24.6 Å². The molecule has 33 heavy (non-hydrogen) atoms. The topological polar surface area (TPSA) is 59.4 Å². The Morgan fingerprint density at radius 2 is 1.94 bits per heavy atom. The fraction of sp³-hybridized carbons (Fsp3) is 0.346. The van der Waals surface area contributed by atoms with Gasteiger partial charge in [0.15, 0.2) is 5.11 Å². The SMILES string of the molecule is CCOC(=O)CN1C(=S)N[C@H](c2ccccn2)[C@@H]1c1cc(C)n(-c2cc(C)ccc2C)c1C. The van der Waals surface area contributed by atoms with Gasteiger partial charge in [-0.05, 0) is 87.8 Å². The smallest absolute Gasteiger partial charge is 0.325 e. The lowest BCUT2D eigenvalue weighted by Crippen LogP contribution is -2.35. The van der Waals surface area contributed by atoms with Crippen molar-refractivity contribution in [2.24, 2.45) is 0 Å². The van der Waals surface area contributed by atoms with E-state index in [4.69, 9.17) is 17.0 Å². The molecule has 1 N–H and O–H groups in total. The molecule has 0 aliphatic carbocycles. The van der Waals surface area contributed by atoms with Crippen molar-refractivity contribution < 1.29 is 9.53 Å². The van der Waals surface area contributed by atoms with E-state index in [0.717, 1.165) is 28.3 Å². The van der Waals surface area contributed by atoms with Crippen molar-refractivity contribution in [1.29, 1.82) is 0 Å². The molecule has 0 unspecified atom stereocenters. The number of nitrogens with one attached hydrogen (secondary N) is 1. The fourth-order valence-electron chi connectivity index (χ4n) is 4.68. The first kappa shape index (κ1) is 23.0. The molecule has 6 nitrogen and oxygen atoms in total. The normalized spacial score (nSPS) is 17.8. The van der Waals surface area contributed by atoms with Gasteiger partial charge >= 0.3 is 5.97 Å². The molecule has 4 rings (SSSR count). The van der Waals surface area contributed by atoms with Crippen LogP contribution in [0.25, 0.3) is 5.69 Å². The number of carbonyl (C=O) groups is 1. The summed E-state index contributed by atoms with van der Waals surface area (Å²) in [6.07, 6.45) is 1.78. The minimum Gasteiger partial charge on any atom is -0.465 e. The molecule has 0 radical (unpaired) electrons. The molecule has 0 saturated carbocycles. The van der Waals surface area contributed by atoms with Crippen molar-refractivity contribution in [3.05, 3.63) is 82.4 Å². The second-order valence-corrected chi connectivity index (χ2v) is 8.90. The molecule has 0 bridgehead atoms. The van der Waals surface area contributed by atoms with Crippen LogP contribution in [-0.4, -0.2) is 38.7 Å². The molecule has 172 valence electrons. The van der Waals surface area contributed by atoms with Crippen molar-refractivity contribution in [3.8, 4) is 5.69 Å². The number of rotatable bonds is 6. The molecule has 3 heterocycles. The maximum atomic E-state index is 12.5. The lowest BCUT2D eigenvalue weighted by Gasteiger charge is -2.27. The molecule has 0 amide bonds. The van der Waals surface area contributed by atoms with Gasteiger partial charge in [0.05, 0.1) is 24.4 Å². The number of carbonyl (C=O) groups excluding carboxylic acids is 1. The molecule has 7 heteroatoms. The van der Waals surface area contributed by atoms with E-state index in [1.54, 1.807) is 6.20 Å². The average Bonchev–Trinajstić information content (AvgIpc) is 3.26. The van der Waals surface area contributed by atoms with Gasteiger partial charge in [0.1, 0.15) is 6.54 Å². The van der Waals surface area contributed by atoms with Crippen LogP contribution >= 0.6 is 12.2 Å². The number of benzene rings is 1. The quantitative estimate of drug-likeness (QED) is 0.425. The monoisotopic (exact) mass is 462 g/mol. The van der Waals surface area contributed by atoms with Crippen LogP contribution in [0.4, 0.5) is 0 Å². The number of ether oxygens (including phenoxy) is 1. The molecule has 1 saturated heterocycles. The van der Waals surface area contributed by atoms with Crippen LogP contribution in [0, 0.1) is 27.7 Å². The number of hydrogen-bond donors (Lipinski definition) is 1. The summed E-state index contributed by atoms with van der Waals surface area (Å²) < 4.78 is 7.53. The molecule has 1 fully saturated rings. The van der Waals surface area contributed by atoms with E-state index in [1.807, 2.05) is 30.0 Å². The molecule has 2 atom stereocenters. The van der Waals surface area contributed by atoms with Crippen LogP contribution in [0.15, 0.2) is 48.7 Å². The number of nitrogens with zero attached hydrogens (tertiary/aromatic N) is 3. The maximum absolute atomic E-state index is 12.5. The van der Waals surface area contributed by atoms with Crippen LogP contribution in [0.3, 0.4) is 0 Å². The number of thiocarbonyl (C=S) groups is 1. The third kappa shape index (κ3) is 4.37. The van der Waals surface area contributed by atoms with Gasteiger partial charge in [-0.2, -0.15) is 0 Å². The Morgan fingerprint density at radius 3 is 2.64 bits per heavy atom. The summed E-state index contributed by atoms with van der Waals surface area (Å²) in [7, 11) is 0. The largest absolute Gasteiger partial charge is 0.465 e. The van der Waals surface area contributed by atoms with Crippen molar-refractivity contribution in [1.82, 2.24) is 19.8 Å². The molecular formula is C26H30N4O2S. The number of esters is 1. The highest BCUT2D eigenvalue weighted by Gasteiger charge is 2.42. The second-order valence-electron chi connectivity index (χ2n) is 8.51. The Bertz CT molecular complexity index is 1190. The standard InChI is InChI=1S/C26H30N4O2S/c1-6-32-23(31)15-29-25(24(28-26(29)33)21-9-7-8-12-27-21)20-14-18(4)30(19(20)5)22-13-16(2)10-11-17(22)3/h7-14,24-25H,6,15H2,1-5H3,(H,28,33)/t24-,25+/m1/s1. The van der Waals surface area contributed by atoms with Gasteiger partial charge < -0.3 is 19.5 Å². The summed E-state index contributed by atoms with van der Waals surface area (Å²) in [4.78, 5) is 19.0. The maximum Gasteiger partial charge on any atom is 0.325 e. The number of aromatic nitrogens is 2. The van der Waals surface area contributed by atoms with Gasteiger partial charge in [0, 0.05) is 23.3 Å². The number of hydrogen-bond acceptors (Lipinski definition) is 4. The third-order valence-corrected chi connectivity index (χ3v) is 6.55. The highest BCUT2D eigenvalue weighted by molar-refractivity contribution is 7.80. The van der Waals surface area contributed by atoms with E-state index < -0.39 is 0 Å². The first-order valence-corrected chi connectivity index (χ1v) is 11.6. The molecule has 1 aliphatic heterocycles. The highest BCUT2D eigenvalue weighted by atomic mass is 32.1. The van der Waals surface area contributed by atoms with Gasteiger partial charge in [-0.1, -0.05) is 18.2 Å². The van der Waals surface area contributed by atoms with Gasteiger partial charge in [-0.3, -0.25) is 9.78 Å². The Hall–Kier alpha value is -3.19. The van der Waals surface area contributed by atoms with Crippen LogP contribution < -0.4 is 5.32 Å². The highest BCUT2D eigenvalue weighted by Crippen LogP contribution is 2.41. The van der Waals surface area contributed by atoms with Gasteiger partial charge in [0.2, 0.25) is 0 Å². The summed E-state index contributed by atoms with van der Waals surface area (Å²) >= 11 is 5.68. The summed E-state index contributed by atoms with van der Waals surface area (Å²) in [6.45, 7) is 10.7. The molecule has 3 aromatic rings. The Kier molecular flexibility index (Phi) is 6.51. The predicted molar refractivity (Wildman–Crippen MR) is 134 cm³/mol. The zero-order valence-electron chi connectivity index (χ0n) is 19.8. The first-order valence-electron chi connectivity index (χ1n) is 11.2. The summed E-state index contributed by atoms with van der Waals surface area (Å²) in [5.41, 5.74) is 7.82. The third-order valence-electron chi connectivity index (χ3n) is 6.20. The van der Waals surface area contributed by atoms with Crippen molar-refractivity contribution in [2.45, 2.75) is 46.7 Å². The fourth-order valence-corrected chi connectivity index (χ4v) is 4.98. The lowest BCUT2D eigenvalue weighted by atomic mass is 9.96. The van der Waals surface area contributed by atoms with E-state index in [0.29, 0.717) is 11.7 Å². The van der Waals surface area contributed by atoms with E-state index in [9.17, 15) is 4.79 Å².